The highest BCUT2D eigenvalue weighted by atomic mass is 32.1. The first-order valence-electron chi connectivity index (χ1n) is 5.47. The largest absolute Gasteiger partial charge is 0.478 e. The third-order valence-electron chi connectivity index (χ3n) is 2.25. The van der Waals surface area contributed by atoms with Gasteiger partial charge in [0.2, 0.25) is 5.91 Å². The van der Waals surface area contributed by atoms with Gasteiger partial charge in [0.05, 0.1) is 15.4 Å². The lowest BCUT2D eigenvalue weighted by Crippen LogP contribution is -2.11. The minimum atomic E-state index is -1.09. The van der Waals surface area contributed by atoms with Crippen LogP contribution in [0, 0.1) is 0 Å². The molecule has 6 nitrogen and oxygen atoms in total. The maximum Gasteiger partial charge on any atom is 0.338 e. The normalized spacial score (nSPS) is 10.1. The molecule has 0 aromatic carbocycles. The molecule has 0 saturated heterocycles. The lowest BCUT2D eigenvalue weighted by molar-refractivity contribution is -0.114. The van der Waals surface area contributed by atoms with E-state index in [0.717, 1.165) is 22.7 Å². The zero-order valence-corrected chi connectivity index (χ0v) is 11.9. The number of carboxylic acid groups (broad SMARTS) is 1. The number of rotatable bonds is 4. The van der Waals surface area contributed by atoms with Crippen LogP contribution in [0.2, 0.25) is 0 Å². The van der Waals surface area contributed by atoms with E-state index in [2.05, 4.69) is 10.6 Å². The predicted octanol–water partition coefficient (Wildman–Crippen LogP) is 2.72. The lowest BCUT2D eigenvalue weighted by Gasteiger charge is -2.02. The van der Waals surface area contributed by atoms with Crippen LogP contribution in [0.4, 0.5) is 10.0 Å². The third kappa shape index (κ3) is 3.22. The van der Waals surface area contributed by atoms with Crippen molar-refractivity contribution in [2.45, 2.75) is 6.92 Å². The highest BCUT2D eigenvalue weighted by Gasteiger charge is 2.16. The van der Waals surface area contributed by atoms with Gasteiger partial charge in [-0.3, -0.25) is 9.59 Å². The molecule has 2 rings (SSSR count). The van der Waals surface area contributed by atoms with Gasteiger partial charge in [0.1, 0.15) is 5.00 Å². The first-order chi connectivity index (χ1) is 9.47. The third-order valence-corrected chi connectivity index (χ3v) is 4.08. The molecule has 0 fully saturated rings. The van der Waals surface area contributed by atoms with Crippen molar-refractivity contribution in [3.05, 3.63) is 34.0 Å². The van der Waals surface area contributed by atoms with Gasteiger partial charge >= 0.3 is 5.97 Å². The van der Waals surface area contributed by atoms with Crippen LogP contribution in [0.3, 0.4) is 0 Å². The van der Waals surface area contributed by atoms with Crippen LogP contribution in [0.1, 0.15) is 27.0 Å². The van der Waals surface area contributed by atoms with Crippen molar-refractivity contribution in [1.82, 2.24) is 0 Å². The highest BCUT2D eigenvalue weighted by molar-refractivity contribution is 7.18. The minimum absolute atomic E-state index is 0.0574. The molecular formula is C12H10N2O4S2. The monoisotopic (exact) mass is 310 g/mol. The van der Waals surface area contributed by atoms with Crippen molar-refractivity contribution in [2.75, 3.05) is 10.6 Å². The molecule has 0 bridgehead atoms. The van der Waals surface area contributed by atoms with Crippen molar-refractivity contribution >= 4 is 50.5 Å². The van der Waals surface area contributed by atoms with E-state index in [9.17, 15) is 14.4 Å². The second-order valence-electron chi connectivity index (χ2n) is 3.77. The van der Waals surface area contributed by atoms with E-state index >= 15 is 0 Å². The number of hydrogen-bond donors (Lipinski definition) is 3. The second kappa shape index (κ2) is 5.85. The first kappa shape index (κ1) is 14.2. The van der Waals surface area contributed by atoms with E-state index in [1.165, 1.54) is 13.0 Å². The van der Waals surface area contributed by atoms with Crippen molar-refractivity contribution in [1.29, 1.82) is 0 Å². The predicted molar refractivity (Wildman–Crippen MR) is 77.9 cm³/mol. The van der Waals surface area contributed by atoms with Gasteiger partial charge in [-0.15, -0.1) is 22.7 Å². The molecule has 0 radical (unpaired) electrons. The Morgan fingerprint density at radius 2 is 1.90 bits per heavy atom. The number of thiophene rings is 2. The summed E-state index contributed by atoms with van der Waals surface area (Å²) in [7, 11) is 0. The SMILES string of the molecule is CC(=O)Nc1ccc(C(=O)Nc2sccc2C(=O)O)s1. The molecule has 3 N–H and O–H groups in total. The van der Waals surface area contributed by atoms with E-state index in [-0.39, 0.29) is 16.5 Å². The zero-order chi connectivity index (χ0) is 14.7. The fraction of sp³-hybridized carbons (Fsp3) is 0.0833. The summed E-state index contributed by atoms with van der Waals surface area (Å²) >= 11 is 2.26. The summed E-state index contributed by atoms with van der Waals surface area (Å²) in [6.07, 6.45) is 0. The molecule has 2 aromatic rings. The molecule has 0 spiro atoms. The Morgan fingerprint density at radius 3 is 2.55 bits per heavy atom. The Morgan fingerprint density at radius 1 is 1.15 bits per heavy atom. The summed E-state index contributed by atoms with van der Waals surface area (Å²) in [5, 5.41) is 16.5. The fourth-order valence-corrected chi connectivity index (χ4v) is 3.06. The summed E-state index contributed by atoms with van der Waals surface area (Å²) in [5.41, 5.74) is 0.0574. The molecule has 0 aliphatic heterocycles. The Labute approximate surface area is 122 Å². The van der Waals surface area contributed by atoms with Crippen LogP contribution in [0.15, 0.2) is 23.6 Å². The van der Waals surface area contributed by atoms with E-state index in [0.29, 0.717) is 9.88 Å². The van der Waals surface area contributed by atoms with E-state index < -0.39 is 11.9 Å². The topological polar surface area (TPSA) is 95.5 Å². The molecule has 2 heterocycles. The van der Waals surface area contributed by atoms with Gasteiger partial charge in [0, 0.05) is 6.92 Å². The number of carbonyl (C=O) groups excluding carboxylic acids is 2. The Balaban J connectivity index is 2.12. The van der Waals surface area contributed by atoms with Crippen LogP contribution >= 0.6 is 22.7 Å². The quantitative estimate of drug-likeness (QED) is 0.809. The summed E-state index contributed by atoms with van der Waals surface area (Å²) < 4.78 is 0. The molecule has 0 saturated carbocycles. The maximum absolute atomic E-state index is 12.0. The zero-order valence-electron chi connectivity index (χ0n) is 10.3. The fourth-order valence-electron chi connectivity index (χ4n) is 1.44. The molecule has 20 heavy (non-hydrogen) atoms. The number of carboxylic acids is 1. The number of aromatic carboxylic acids is 1. The summed E-state index contributed by atoms with van der Waals surface area (Å²) in [5.74, 6) is -1.71. The van der Waals surface area contributed by atoms with Crippen LogP contribution in [0.5, 0.6) is 0 Å². The molecule has 0 aliphatic rings. The average molecular weight is 310 g/mol. The highest BCUT2D eigenvalue weighted by Crippen LogP contribution is 2.26. The molecule has 104 valence electrons. The van der Waals surface area contributed by atoms with Gasteiger partial charge < -0.3 is 15.7 Å². The number of anilines is 2. The van der Waals surface area contributed by atoms with Gasteiger partial charge in [-0.1, -0.05) is 0 Å². The van der Waals surface area contributed by atoms with Gasteiger partial charge in [-0.25, -0.2) is 4.79 Å². The van der Waals surface area contributed by atoms with Gasteiger partial charge in [0.25, 0.3) is 5.91 Å². The molecule has 2 aromatic heterocycles. The molecule has 0 aliphatic carbocycles. The van der Waals surface area contributed by atoms with E-state index in [1.807, 2.05) is 0 Å². The van der Waals surface area contributed by atoms with Gasteiger partial charge in [-0.05, 0) is 23.6 Å². The van der Waals surface area contributed by atoms with Gasteiger partial charge in [-0.2, -0.15) is 0 Å². The van der Waals surface area contributed by atoms with Crippen molar-refractivity contribution in [3.63, 3.8) is 0 Å². The molecule has 2 amide bonds. The average Bonchev–Trinajstić information content (AvgIpc) is 2.97. The maximum atomic E-state index is 12.0. The van der Waals surface area contributed by atoms with Gasteiger partial charge in [0.15, 0.2) is 0 Å². The molecule has 0 atom stereocenters. The Kier molecular flexibility index (Phi) is 4.16. The van der Waals surface area contributed by atoms with E-state index in [1.54, 1.807) is 17.5 Å². The van der Waals surface area contributed by atoms with E-state index in [4.69, 9.17) is 5.11 Å². The van der Waals surface area contributed by atoms with Crippen LogP contribution < -0.4 is 10.6 Å². The minimum Gasteiger partial charge on any atom is -0.478 e. The number of carbonyl (C=O) groups is 3. The van der Waals surface area contributed by atoms with Crippen molar-refractivity contribution in [2.24, 2.45) is 0 Å². The first-order valence-corrected chi connectivity index (χ1v) is 7.16. The lowest BCUT2D eigenvalue weighted by atomic mass is 10.3. The van der Waals surface area contributed by atoms with Crippen molar-refractivity contribution in [3.8, 4) is 0 Å². The molecule has 0 unspecified atom stereocenters. The Hall–Kier alpha value is -2.19. The number of hydrogen-bond acceptors (Lipinski definition) is 5. The van der Waals surface area contributed by atoms with Crippen LogP contribution in [0.25, 0.3) is 0 Å². The number of nitrogens with one attached hydrogen (secondary N) is 2. The summed E-state index contributed by atoms with van der Waals surface area (Å²) in [4.78, 5) is 34.2. The van der Waals surface area contributed by atoms with Crippen molar-refractivity contribution < 1.29 is 19.5 Å². The smallest absolute Gasteiger partial charge is 0.338 e. The number of amides is 2. The van der Waals surface area contributed by atoms with Crippen LogP contribution in [-0.4, -0.2) is 22.9 Å². The summed E-state index contributed by atoms with van der Waals surface area (Å²) in [6.45, 7) is 1.38. The summed E-state index contributed by atoms with van der Waals surface area (Å²) in [6, 6.07) is 4.62. The Bertz CT molecular complexity index is 675. The standard InChI is InChI=1S/C12H10N2O4S2/c1-6(15)13-9-3-2-8(20-9)10(16)14-11-7(12(17)18)4-5-19-11/h2-5H,1H3,(H,13,15)(H,14,16)(H,17,18). The second-order valence-corrected chi connectivity index (χ2v) is 5.77. The molecule has 8 heteroatoms. The molecular weight excluding hydrogens is 300 g/mol. The van der Waals surface area contributed by atoms with Crippen LogP contribution in [-0.2, 0) is 4.79 Å².